The van der Waals surface area contributed by atoms with E-state index < -0.39 is 6.10 Å². The Balaban J connectivity index is 1.41. The molecule has 4 rings (SSSR count). The average Bonchev–Trinajstić information content (AvgIpc) is 3.26. The number of hydrogen-bond acceptors (Lipinski definition) is 6. The summed E-state index contributed by atoms with van der Waals surface area (Å²) in [7, 11) is 0. The molecule has 0 aliphatic carbocycles. The second-order valence-electron chi connectivity index (χ2n) is 6.07. The van der Waals surface area contributed by atoms with Gasteiger partial charge in [0.2, 0.25) is 5.78 Å². The molecule has 0 radical (unpaired) electrons. The molecule has 0 saturated heterocycles. The molecule has 7 heteroatoms. The second-order valence-corrected chi connectivity index (χ2v) is 6.07. The summed E-state index contributed by atoms with van der Waals surface area (Å²) in [5.74, 6) is -0.499. The highest BCUT2D eigenvalue weighted by Crippen LogP contribution is 2.19. The number of benzene rings is 1. The average molecular weight is 372 g/mol. The minimum Gasteiger partial charge on any atom is -0.323 e. The molecule has 138 valence electrons. The molecule has 0 fully saturated rings. The molecule has 2 N–H and O–H groups in total. The van der Waals surface area contributed by atoms with Crippen molar-refractivity contribution in [1.29, 1.82) is 0 Å². The minimum atomic E-state index is -0.773. The van der Waals surface area contributed by atoms with Crippen LogP contribution in [0.4, 0.5) is 5.69 Å². The molecule has 1 aliphatic rings. The van der Waals surface area contributed by atoms with Crippen molar-refractivity contribution in [2.75, 3.05) is 5.32 Å². The summed E-state index contributed by atoms with van der Waals surface area (Å²) in [6.45, 7) is 0. The summed E-state index contributed by atoms with van der Waals surface area (Å²) in [6.07, 6.45) is 5.84. The molecule has 1 aliphatic heterocycles. The molecule has 3 heterocycles. The maximum Gasteiger partial charge on any atom is 0.260 e. The highest BCUT2D eigenvalue weighted by Gasteiger charge is 2.24. The van der Waals surface area contributed by atoms with E-state index >= 15 is 0 Å². The standard InChI is InChI=1S/C21H16N4O3/c26-20(17-5-1-2-11-23-17)14-6-8-16(9-7-14)24-21(27)19-12-18(25-28-19)15-4-3-10-22-13-15/h1-13,19,25H,(H,24,27). The van der Waals surface area contributed by atoms with Gasteiger partial charge >= 0.3 is 0 Å². The van der Waals surface area contributed by atoms with Crippen molar-refractivity contribution in [2.45, 2.75) is 6.10 Å². The molecule has 0 spiro atoms. The second kappa shape index (κ2) is 7.81. The Bertz CT molecular complexity index is 1020. The number of aromatic nitrogens is 2. The Morgan fingerprint density at radius 1 is 1.00 bits per heavy atom. The van der Waals surface area contributed by atoms with Gasteiger partial charge in [-0.15, -0.1) is 0 Å². The Morgan fingerprint density at radius 2 is 1.86 bits per heavy atom. The third-order valence-electron chi connectivity index (χ3n) is 4.16. The number of carbonyl (C=O) groups is 2. The number of carbonyl (C=O) groups excluding carboxylic acids is 2. The first-order valence-corrected chi connectivity index (χ1v) is 8.61. The van der Waals surface area contributed by atoms with Gasteiger partial charge < -0.3 is 5.32 Å². The van der Waals surface area contributed by atoms with Crippen LogP contribution in [0.2, 0.25) is 0 Å². The quantitative estimate of drug-likeness (QED) is 0.669. The molecule has 28 heavy (non-hydrogen) atoms. The number of ketones is 1. The van der Waals surface area contributed by atoms with Crippen LogP contribution >= 0.6 is 0 Å². The van der Waals surface area contributed by atoms with Crippen LogP contribution in [0, 0.1) is 0 Å². The fraction of sp³-hybridized carbons (Fsp3) is 0.0476. The fourth-order valence-corrected chi connectivity index (χ4v) is 2.72. The zero-order chi connectivity index (χ0) is 19.3. The van der Waals surface area contributed by atoms with Gasteiger partial charge in [0.15, 0.2) is 6.10 Å². The van der Waals surface area contributed by atoms with Gasteiger partial charge in [0.05, 0.1) is 5.70 Å². The maximum absolute atomic E-state index is 12.4. The zero-order valence-corrected chi connectivity index (χ0v) is 14.7. The number of pyridine rings is 2. The van der Waals surface area contributed by atoms with Gasteiger partial charge in [-0.1, -0.05) is 6.07 Å². The van der Waals surface area contributed by atoms with Crippen LogP contribution < -0.4 is 10.8 Å². The molecule has 0 saturated carbocycles. The number of rotatable bonds is 5. The highest BCUT2D eigenvalue weighted by molar-refractivity contribution is 6.08. The van der Waals surface area contributed by atoms with E-state index in [1.807, 2.05) is 6.07 Å². The maximum atomic E-state index is 12.4. The van der Waals surface area contributed by atoms with E-state index in [2.05, 4.69) is 20.8 Å². The third-order valence-corrected chi connectivity index (χ3v) is 4.16. The van der Waals surface area contributed by atoms with Crippen LogP contribution in [0.5, 0.6) is 0 Å². The van der Waals surface area contributed by atoms with Crippen LogP contribution in [-0.4, -0.2) is 27.8 Å². The number of nitrogens with zero attached hydrogens (tertiary/aromatic N) is 2. The zero-order valence-electron chi connectivity index (χ0n) is 14.7. The lowest BCUT2D eigenvalue weighted by molar-refractivity contribution is -0.125. The van der Waals surface area contributed by atoms with Gasteiger partial charge in [-0.2, -0.15) is 0 Å². The lowest BCUT2D eigenvalue weighted by atomic mass is 10.1. The summed E-state index contributed by atoms with van der Waals surface area (Å²) in [5, 5.41) is 2.77. The van der Waals surface area contributed by atoms with Gasteiger partial charge in [-0.25, -0.2) is 0 Å². The number of nitrogens with one attached hydrogen (secondary N) is 2. The predicted molar refractivity (Wildman–Crippen MR) is 103 cm³/mol. The molecule has 1 aromatic carbocycles. The number of amides is 1. The smallest absolute Gasteiger partial charge is 0.260 e. The largest absolute Gasteiger partial charge is 0.323 e. The summed E-state index contributed by atoms with van der Waals surface area (Å²) >= 11 is 0. The van der Waals surface area contributed by atoms with Crippen LogP contribution in [-0.2, 0) is 9.63 Å². The Morgan fingerprint density at radius 3 is 2.57 bits per heavy atom. The molecule has 1 amide bonds. The first kappa shape index (κ1) is 17.6. The summed E-state index contributed by atoms with van der Waals surface area (Å²) in [4.78, 5) is 38.2. The van der Waals surface area contributed by atoms with Gasteiger partial charge in [-0.3, -0.25) is 29.9 Å². The molecule has 0 bridgehead atoms. The van der Waals surface area contributed by atoms with E-state index in [-0.39, 0.29) is 11.7 Å². The Labute approximate surface area is 161 Å². The summed E-state index contributed by atoms with van der Waals surface area (Å²) in [5.41, 5.74) is 5.69. The SMILES string of the molecule is O=C(c1ccc(NC(=O)C2C=C(c3cccnc3)NO2)cc1)c1ccccn1. The van der Waals surface area contributed by atoms with Crippen molar-refractivity contribution in [2.24, 2.45) is 0 Å². The number of anilines is 1. The highest BCUT2D eigenvalue weighted by atomic mass is 16.7. The molecule has 1 atom stereocenters. The summed E-state index contributed by atoms with van der Waals surface area (Å²) in [6, 6.07) is 15.5. The molecule has 1 unspecified atom stereocenters. The summed E-state index contributed by atoms with van der Waals surface area (Å²) < 4.78 is 0. The van der Waals surface area contributed by atoms with Crippen molar-refractivity contribution in [3.05, 3.63) is 96.1 Å². The van der Waals surface area contributed by atoms with E-state index in [1.165, 1.54) is 0 Å². The Kier molecular flexibility index (Phi) is 4.90. The first-order chi connectivity index (χ1) is 13.7. The monoisotopic (exact) mass is 372 g/mol. The lowest BCUT2D eigenvalue weighted by Gasteiger charge is -2.09. The van der Waals surface area contributed by atoms with E-state index in [0.29, 0.717) is 22.6 Å². The fourth-order valence-electron chi connectivity index (χ4n) is 2.72. The van der Waals surface area contributed by atoms with E-state index in [4.69, 9.17) is 4.84 Å². The van der Waals surface area contributed by atoms with Crippen LogP contribution in [0.15, 0.2) is 79.3 Å². The lowest BCUT2D eigenvalue weighted by Crippen LogP contribution is -2.28. The van der Waals surface area contributed by atoms with Crippen molar-refractivity contribution in [3.63, 3.8) is 0 Å². The third kappa shape index (κ3) is 3.79. The normalized spacial score (nSPS) is 15.4. The topological polar surface area (TPSA) is 93.2 Å². The minimum absolute atomic E-state index is 0.175. The van der Waals surface area contributed by atoms with E-state index in [0.717, 1.165) is 5.56 Å². The van der Waals surface area contributed by atoms with Crippen LogP contribution in [0.1, 0.15) is 21.6 Å². The van der Waals surface area contributed by atoms with Crippen LogP contribution in [0.3, 0.4) is 0 Å². The number of hydrogen-bond donors (Lipinski definition) is 2. The van der Waals surface area contributed by atoms with Crippen molar-refractivity contribution < 1.29 is 14.4 Å². The Hall–Kier alpha value is -3.84. The molecule has 2 aromatic heterocycles. The molecule has 3 aromatic rings. The van der Waals surface area contributed by atoms with E-state index in [9.17, 15) is 9.59 Å². The number of hydroxylamine groups is 1. The van der Waals surface area contributed by atoms with Crippen LogP contribution in [0.25, 0.3) is 5.70 Å². The van der Waals surface area contributed by atoms with Crippen molar-refractivity contribution in [1.82, 2.24) is 15.4 Å². The molecule has 7 nitrogen and oxygen atoms in total. The van der Waals surface area contributed by atoms with Crippen molar-refractivity contribution in [3.8, 4) is 0 Å². The molecular formula is C21H16N4O3. The van der Waals surface area contributed by atoms with Gasteiger partial charge in [0, 0.05) is 35.4 Å². The first-order valence-electron chi connectivity index (χ1n) is 8.61. The molecular weight excluding hydrogens is 356 g/mol. The van der Waals surface area contributed by atoms with E-state index in [1.54, 1.807) is 73.2 Å². The van der Waals surface area contributed by atoms with Gasteiger partial charge in [0.25, 0.3) is 5.91 Å². The van der Waals surface area contributed by atoms with Gasteiger partial charge in [0.1, 0.15) is 5.69 Å². The predicted octanol–water partition coefficient (Wildman–Crippen LogP) is 2.59. The van der Waals surface area contributed by atoms with Gasteiger partial charge in [-0.05, 0) is 54.6 Å². The van der Waals surface area contributed by atoms with Crippen molar-refractivity contribution >= 4 is 23.1 Å².